The van der Waals surface area contributed by atoms with E-state index in [1.54, 1.807) is 39.7 Å². The lowest BCUT2D eigenvalue weighted by Gasteiger charge is -2.29. The van der Waals surface area contributed by atoms with Crippen molar-refractivity contribution in [3.05, 3.63) is 54.0 Å². The number of anilines is 2. The van der Waals surface area contributed by atoms with Gasteiger partial charge in [0.2, 0.25) is 0 Å². The minimum atomic E-state index is -0.251. The molecule has 1 saturated heterocycles. The van der Waals surface area contributed by atoms with Gasteiger partial charge in [0.05, 0.1) is 25.1 Å². The third-order valence-electron chi connectivity index (χ3n) is 4.92. The average Bonchev–Trinajstić information content (AvgIpc) is 3.42. The van der Waals surface area contributed by atoms with Crippen LogP contribution in [0.15, 0.2) is 42.6 Å². The molecule has 0 atom stereocenters. The molecule has 1 fully saturated rings. The van der Waals surface area contributed by atoms with E-state index >= 15 is 0 Å². The number of ether oxygens (including phenoxy) is 1. The molecule has 0 bridgehead atoms. The van der Waals surface area contributed by atoms with E-state index in [4.69, 9.17) is 4.74 Å². The van der Waals surface area contributed by atoms with Crippen molar-refractivity contribution in [1.29, 1.82) is 0 Å². The molecule has 0 saturated carbocycles. The molecule has 1 aliphatic rings. The summed E-state index contributed by atoms with van der Waals surface area (Å²) in [5.41, 5.74) is 1.95. The smallest absolute Gasteiger partial charge is 0.256 e. The van der Waals surface area contributed by atoms with Crippen molar-refractivity contribution in [1.82, 2.24) is 34.8 Å². The summed E-state index contributed by atoms with van der Waals surface area (Å²) in [7, 11) is 0. The van der Waals surface area contributed by atoms with E-state index in [9.17, 15) is 4.79 Å². The van der Waals surface area contributed by atoms with Crippen molar-refractivity contribution in [2.45, 2.75) is 6.92 Å². The van der Waals surface area contributed by atoms with Crippen molar-refractivity contribution in [2.24, 2.45) is 0 Å². The van der Waals surface area contributed by atoms with Gasteiger partial charge in [-0.1, -0.05) is 0 Å². The molecular formula is C19H19N9O2. The summed E-state index contributed by atoms with van der Waals surface area (Å²) in [5.74, 6) is 1.75. The van der Waals surface area contributed by atoms with E-state index in [1.165, 1.54) is 0 Å². The lowest BCUT2D eigenvalue weighted by atomic mass is 10.2. The number of carbonyl (C=O) groups excluding carboxylic acids is 1. The molecule has 30 heavy (non-hydrogen) atoms. The van der Waals surface area contributed by atoms with Gasteiger partial charge < -0.3 is 15.0 Å². The van der Waals surface area contributed by atoms with Crippen LogP contribution in [0.25, 0.3) is 11.3 Å². The molecule has 0 aliphatic carbocycles. The van der Waals surface area contributed by atoms with Crippen LogP contribution in [0.3, 0.4) is 0 Å². The largest absolute Gasteiger partial charge is 0.378 e. The normalized spacial score (nSPS) is 14.2. The van der Waals surface area contributed by atoms with Gasteiger partial charge in [-0.3, -0.25) is 4.79 Å². The third kappa shape index (κ3) is 3.35. The monoisotopic (exact) mass is 405 g/mol. The van der Waals surface area contributed by atoms with Crippen LogP contribution in [0, 0.1) is 6.92 Å². The summed E-state index contributed by atoms with van der Waals surface area (Å²) in [6, 6.07) is 10.7. The highest BCUT2D eigenvalue weighted by atomic mass is 16.5. The number of aryl methyl sites for hydroxylation is 1. The number of rotatable bonds is 4. The zero-order chi connectivity index (χ0) is 20.5. The molecule has 11 heteroatoms. The summed E-state index contributed by atoms with van der Waals surface area (Å²) >= 11 is 0. The molecule has 5 rings (SSSR count). The van der Waals surface area contributed by atoms with Crippen molar-refractivity contribution in [3.8, 4) is 5.69 Å². The zero-order valence-corrected chi connectivity index (χ0v) is 16.3. The van der Waals surface area contributed by atoms with Crippen molar-refractivity contribution < 1.29 is 9.53 Å². The third-order valence-corrected chi connectivity index (χ3v) is 4.92. The number of fused-ring (bicyclic) bond motifs is 1. The molecule has 4 aromatic rings. The number of morpholine rings is 1. The quantitative estimate of drug-likeness (QED) is 0.537. The van der Waals surface area contributed by atoms with Crippen molar-refractivity contribution in [3.63, 3.8) is 0 Å². The second-order valence-electron chi connectivity index (χ2n) is 6.84. The van der Waals surface area contributed by atoms with Crippen LogP contribution in [0.5, 0.6) is 0 Å². The highest BCUT2D eigenvalue weighted by Gasteiger charge is 2.18. The molecule has 152 valence electrons. The number of benzene rings is 1. The van der Waals surface area contributed by atoms with Crippen LogP contribution in [0.4, 0.5) is 11.6 Å². The molecule has 0 spiro atoms. The number of hydrogen-bond donors (Lipinski definition) is 1. The van der Waals surface area contributed by atoms with Gasteiger partial charge in [0.1, 0.15) is 11.6 Å². The Morgan fingerprint density at radius 3 is 2.67 bits per heavy atom. The van der Waals surface area contributed by atoms with Crippen LogP contribution < -0.4 is 10.2 Å². The minimum absolute atomic E-state index is 0.251. The van der Waals surface area contributed by atoms with Gasteiger partial charge in [-0.15, -0.1) is 5.10 Å². The minimum Gasteiger partial charge on any atom is -0.378 e. The Balaban J connectivity index is 1.40. The highest BCUT2D eigenvalue weighted by molar-refractivity contribution is 6.04. The molecule has 1 amide bonds. The fourth-order valence-corrected chi connectivity index (χ4v) is 3.39. The van der Waals surface area contributed by atoms with E-state index in [2.05, 4.69) is 35.8 Å². The van der Waals surface area contributed by atoms with Gasteiger partial charge in [0, 0.05) is 30.8 Å². The van der Waals surface area contributed by atoms with E-state index in [-0.39, 0.29) is 5.91 Å². The lowest BCUT2D eigenvalue weighted by molar-refractivity contribution is 0.102. The summed E-state index contributed by atoms with van der Waals surface area (Å²) < 4.78 is 8.81. The van der Waals surface area contributed by atoms with Crippen molar-refractivity contribution >= 4 is 23.2 Å². The second kappa shape index (κ2) is 7.52. The molecule has 11 nitrogen and oxygen atoms in total. The Morgan fingerprint density at radius 1 is 1.13 bits per heavy atom. The highest BCUT2D eigenvalue weighted by Crippen LogP contribution is 2.21. The number of carbonyl (C=O) groups is 1. The first-order valence-electron chi connectivity index (χ1n) is 9.53. The first kappa shape index (κ1) is 18.2. The molecule has 0 unspecified atom stereocenters. The number of amides is 1. The average molecular weight is 405 g/mol. The van der Waals surface area contributed by atoms with Crippen LogP contribution in [0.2, 0.25) is 0 Å². The number of tetrazole rings is 1. The molecule has 4 heterocycles. The molecule has 1 N–H and O–H groups in total. The summed E-state index contributed by atoms with van der Waals surface area (Å²) in [6.45, 7) is 4.62. The topological polar surface area (TPSA) is 115 Å². The Hall–Kier alpha value is -3.86. The Bertz CT molecular complexity index is 1190. The molecular weight excluding hydrogens is 386 g/mol. The first-order chi connectivity index (χ1) is 14.7. The Kier molecular flexibility index (Phi) is 4.56. The van der Waals surface area contributed by atoms with Gasteiger partial charge in [-0.05, 0) is 41.6 Å². The Morgan fingerprint density at radius 2 is 1.93 bits per heavy atom. The van der Waals surface area contributed by atoms with Gasteiger partial charge in [-0.25, -0.2) is 4.98 Å². The fraction of sp³-hybridized carbons (Fsp3) is 0.263. The number of hydrogen-bond acceptors (Lipinski definition) is 8. The van der Waals surface area contributed by atoms with E-state index in [0.29, 0.717) is 36.1 Å². The van der Waals surface area contributed by atoms with Crippen LogP contribution in [-0.4, -0.2) is 67.0 Å². The number of nitrogens with one attached hydrogen (secondary N) is 1. The lowest BCUT2D eigenvalue weighted by Crippen LogP contribution is -2.37. The number of nitrogens with zero attached hydrogens (tertiary/aromatic N) is 8. The molecule has 1 aliphatic heterocycles. The van der Waals surface area contributed by atoms with Gasteiger partial charge in [0.15, 0.2) is 11.5 Å². The summed E-state index contributed by atoms with van der Waals surface area (Å²) in [4.78, 5) is 19.5. The maximum Gasteiger partial charge on any atom is 0.256 e. The first-order valence-corrected chi connectivity index (χ1v) is 9.53. The maximum absolute atomic E-state index is 12.8. The standard InChI is InChI=1S/C19H19N9O2/c1-13-23-24-25-27(13)15-4-2-14(3-5-15)19(29)22-16-12-18(26-8-10-30-11-9-26)28-17(21-16)6-7-20-28/h2-7,12H,8-11H2,1H3,(H,21,22,29). The predicted molar refractivity (Wildman–Crippen MR) is 108 cm³/mol. The van der Waals surface area contributed by atoms with E-state index in [0.717, 1.165) is 24.6 Å². The van der Waals surface area contributed by atoms with Gasteiger partial charge in [-0.2, -0.15) is 14.3 Å². The molecule has 0 radical (unpaired) electrons. The molecule has 1 aromatic carbocycles. The number of aromatic nitrogens is 7. The van der Waals surface area contributed by atoms with E-state index in [1.807, 2.05) is 19.1 Å². The van der Waals surface area contributed by atoms with Gasteiger partial charge >= 0.3 is 0 Å². The Labute approximate surface area is 171 Å². The van der Waals surface area contributed by atoms with Crippen LogP contribution in [-0.2, 0) is 4.74 Å². The predicted octanol–water partition coefficient (Wildman–Crippen LogP) is 1.10. The van der Waals surface area contributed by atoms with Gasteiger partial charge in [0.25, 0.3) is 5.91 Å². The SMILES string of the molecule is Cc1nnnn1-c1ccc(C(=O)Nc2cc(N3CCOCC3)n3nccc3n2)cc1. The van der Waals surface area contributed by atoms with Crippen molar-refractivity contribution in [2.75, 3.05) is 36.5 Å². The second-order valence-corrected chi connectivity index (χ2v) is 6.84. The van der Waals surface area contributed by atoms with Crippen LogP contribution in [0.1, 0.15) is 16.2 Å². The van der Waals surface area contributed by atoms with E-state index < -0.39 is 0 Å². The fourth-order valence-electron chi connectivity index (χ4n) is 3.39. The zero-order valence-electron chi connectivity index (χ0n) is 16.3. The molecule has 3 aromatic heterocycles. The summed E-state index contributed by atoms with van der Waals surface area (Å²) in [6.07, 6.45) is 1.69. The van der Waals surface area contributed by atoms with Crippen LogP contribution >= 0.6 is 0 Å². The maximum atomic E-state index is 12.8. The summed E-state index contributed by atoms with van der Waals surface area (Å²) in [5, 5.41) is 18.7.